The number of nitrogens with two attached hydrogens (primary N) is 1. The van der Waals surface area contributed by atoms with E-state index in [0.29, 0.717) is 5.13 Å². The van der Waals surface area contributed by atoms with Crippen molar-refractivity contribution in [3.05, 3.63) is 23.6 Å². The number of hydrogen-bond donors (Lipinski definition) is 2. The molecular formula is C12H11N3OS2. The van der Waals surface area contributed by atoms with Gasteiger partial charge in [-0.3, -0.25) is 4.79 Å². The number of fused-ring (bicyclic) bond motifs is 1. The standard InChI is InChI=1S/C12H11N3OS2/c1-6-11(16)14-8-4-7(2-3-10(8)18-6)9-5-17-12(13)15-9/h2-6H,1H3,(H2,13,15)(H,14,16). The number of carbonyl (C=O) groups is 1. The van der Waals surface area contributed by atoms with Crippen LogP contribution in [0, 0.1) is 0 Å². The summed E-state index contributed by atoms with van der Waals surface area (Å²) in [6.07, 6.45) is 0. The largest absolute Gasteiger partial charge is 0.375 e. The molecule has 1 atom stereocenters. The molecule has 2 aromatic rings. The highest BCUT2D eigenvalue weighted by Gasteiger charge is 2.23. The van der Waals surface area contributed by atoms with Gasteiger partial charge in [0, 0.05) is 15.8 Å². The van der Waals surface area contributed by atoms with Crippen molar-refractivity contribution in [1.82, 2.24) is 4.98 Å². The minimum atomic E-state index is -0.0433. The number of rotatable bonds is 1. The van der Waals surface area contributed by atoms with Crippen LogP contribution >= 0.6 is 23.1 Å². The van der Waals surface area contributed by atoms with E-state index in [2.05, 4.69) is 10.3 Å². The average molecular weight is 277 g/mol. The maximum absolute atomic E-state index is 11.6. The number of thioether (sulfide) groups is 1. The van der Waals surface area contributed by atoms with E-state index >= 15 is 0 Å². The predicted molar refractivity (Wildman–Crippen MR) is 75.9 cm³/mol. The van der Waals surface area contributed by atoms with Crippen molar-refractivity contribution >= 4 is 39.8 Å². The lowest BCUT2D eigenvalue weighted by Crippen LogP contribution is -2.26. The van der Waals surface area contributed by atoms with Crippen molar-refractivity contribution in [2.24, 2.45) is 0 Å². The Morgan fingerprint density at radius 1 is 1.44 bits per heavy atom. The van der Waals surface area contributed by atoms with Crippen molar-refractivity contribution < 1.29 is 4.79 Å². The van der Waals surface area contributed by atoms with Gasteiger partial charge in [-0.1, -0.05) is 6.07 Å². The van der Waals surface area contributed by atoms with Crippen LogP contribution in [-0.4, -0.2) is 16.1 Å². The Bertz CT molecular complexity index is 624. The van der Waals surface area contributed by atoms with Crippen molar-refractivity contribution in [3.63, 3.8) is 0 Å². The molecule has 1 unspecified atom stereocenters. The van der Waals surface area contributed by atoms with Gasteiger partial charge in [0.1, 0.15) is 0 Å². The number of thiazole rings is 1. The van der Waals surface area contributed by atoms with Crippen LogP contribution in [0.2, 0.25) is 0 Å². The SMILES string of the molecule is CC1Sc2ccc(-c3csc(N)n3)cc2NC1=O. The Kier molecular flexibility index (Phi) is 2.76. The van der Waals surface area contributed by atoms with Crippen molar-refractivity contribution in [2.45, 2.75) is 17.1 Å². The zero-order valence-corrected chi connectivity index (χ0v) is 11.3. The van der Waals surface area contributed by atoms with E-state index in [-0.39, 0.29) is 11.2 Å². The molecule has 0 radical (unpaired) electrons. The topological polar surface area (TPSA) is 68.0 Å². The number of carbonyl (C=O) groups excluding carboxylic acids is 1. The quantitative estimate of drug-likeness (QED) is 0.841. The highest BCUT2D eigenvalue weighted by molar-refractivity contribution is 8.00. The summed E-state index contributed by atoms with van der Waals surface area (Å²) in [5, 5.41) is 5.33. The van der Waals surface area contributed by atoms with Gasteiger partial charge in [0.2, 0.25) is 5.91 Å². The summed E-state index contributed by atoms with van der Waals surface area (Å²) in [6, 6.07) is 5.96. The van der Waals surface area contributed by atoms with Crippen LogP contribution in [0.25, 0.3) is 11.3 Å². The van der Waals surface area contributed by atoms with Crippen molar-refractivity contribution in [2.75, 3.05) is 11.1 Å². The second-order valence-corrected chi connectivity index (χ2v) is 6.30. The van der Waals surface area contributed by atoms with E-state index in [4.69, 9.17) is 5.73 Å². The van der Waals surface area contributed by atoms with Gasteiger partial charge in [0.05, 0.1) is 16.6 Å². The molecule has 1 aromatic carbocycles. The fraction of sp³-hybridized carbons (Fsp3) is 0.167. The van der Waals surface area contributed by atoms with E-state index in [1.165, 1.54) is 11.3 Å². The maximum atomic E-state index is 11.6. The molecule has 2 heterocycles. The first-order chi connectivity index (χ1) is 8.63. The zero-order chi connectivity index (χ0) is 12.7. The predicted octanol–water partition coefficient (Wildman–Crippen LogP) is 2.82. The van der Waals surface area contributed by atoms with Crippen LogP contribution in [-0.2, 0) is 4.79 Å². The number of hydrogen-bond acceptors (Lipinski definition) is 5. The summed E-state index contributed by atoms with van der Waals surface area (Å²) in [4.78, 5) is 17.0. The molecule has 3 rings (SSSR count). The van der Waals surface area contributed by atoms with Crippen LogP contribution in [0.3, 0.4) is 0 Å². The van der Waals surface area contributed by atoms with Crippen LogP contribution in [0.4, 0.5) is 10.8 Å². The fourth-order valence-corrected chi connectivity index (χ4v) is 3.29. The number of anilines is 2. The molecule has 1 aliphatic rings. The van der Waals surface area contributed by atoms with Gasteiger partial charge in [-0.2, -0.15) is 0 Å². The molecule has 1 aromatic heterocycles. The smallest absolute Gasteiger partial charge is 0.237 e. The van der Waals surface area contributed by atoms with E-state index < -0.39 is 0 Å². The normalized spacial score (nSPS) is 18.3. The molecule has 0 spiro atoms. The van der Waals surface area contributed by atoms with E-state index in [1.807, 2.05) is 30.5 Å². The van der Waals surface area contributed by atoms with Gasteiger partial charge in [0.25, 0.3) is 0 Å². The van der Waals surface area contributed by atoms with Gasteiger partial charge in [-0.05, 0) is 19.1 Å². The first kappa shape index (κ1) is 11.6. The third kappa shape index (κ3) is 1.97. The highest BCUT2D eigenvalue weighted by Crippen LogP contribution is 2.38. The number of aromatic nitrogens is 1. The number of nitrogens with one attached hydrogen (secondary N) is 1. The molecule has 0 saturated heterocycles. The zero-order valence-electron chi connectivity index (χ0n) is 9.64. The molecule has 0 saturated carbocycles. The molecule has 4 nitrogen and oxygen atoms in total. The molecular weight excluding hydrogens is 266 g/mol. The first-order valence-electron chi connectivity index (χ1n) is 5.46. The van der Waals surface area contributed by atoms with E-state index in [9.17, 15) is 4.79 Å². The summed E-state index contributed by atoms with van der Waals surface area (Å²) in [6.45, 7) is 1.90. The fourth-order valence-electron chi connectivity index (χ4n) is 1.79. The number of amides is 1. The van der Waals surface area contributed by atoms with Crippen molar-refractivity contribution in [3.8, 4) is 11.3 Å². The lowest BCUT2D eigenvalue weighted by Gasteiger charge is -2.21. The Morgan fingerprint density at radius 2 is 2.28 bits per heavy atom. The number of nitrogen functional groups attached to an aromatic ring is 1. The summed E-state index contributed by atoms with van der Waals surface area (Å²) in [5.74, 6) is 0.0439. The molecule has 0 fully saturated rings. The van der Waals surface area contributed by atoms with E-state index in [1.54, 1.807) is 11.8 Å². The third-order valence-electron chi connectivity index (χ3n) is 2.73. The second-order valence-electron chi connectivity index (χ2n) is 4.03. The Hall–Kier alpha value is -1.53. The number of nitrogens with zero attached hydrogens (tertiary/aromatic N) is 1. The Morgan fingerprint density at radius 3 is 3.00 bits per heavy atom. The molecule has 0 aliphatic carbocycles. The van der Waals surface area contributed by atoms with Gasteiger partial charge in [-0.25, -0.2) is 4.98 Å². The van der Waals surface area contributed by atoms with Crippen LogP contribution in [0.1, 0.15) is 6.92 Å². The molecule has 92 valence electrons. The molecule has 1 aliphatic heterocycles. The maximum Gasteiger partial charge on any atom is 0.237 e. The Labute approximate surface area is 113 Å². The first-order valence-corrected chi connectivity index (χ1v) is 7.22. The van der Waals surface area contributed by atoms with E-state index in [0.717, 1.165) is 21.8 Å². The Balaban J connectivity index is 2.01. The van der Waals surface area contributed by atoms with Crippen molar-refractivity contribution in [1.29, 1.82) is 0 Å². The van der Waals surface area contributed by atoms with Gasteiger partial charge in [0.15, 0.2) is 5.13 Å². The summed E-state index contributed by atoms with van der Waals surface area (Å²) in [7, 11) is 0. The van der Waals surface area contributed by atoms with Gasteiger partial charge in [-0.15, -0.1) is 23.1 Å². The molecule has 3 N–H and O–H groups in total. The van der Waals surface area contributed by atoms with Crippen LogP contribution in [0.5, 0.6) is 0 Å². The molecule has 1 amide bonds. The second kappa shape index (κ2) is 4.29. The minimum absolute atomic E-state index is 0.0433. The van der Waals surface area contributed by atoms with Crippen LogP contribution in [0.15, 0.2) is 28.5 Å². The summed E-state index contributed by atoms with van der Waals surface area (Å²) in [5.41, 5.74) is 8.30. The summed E-state index contributed by atoms with van der Waals surface area (Å²) >= 11 is 2.99. The van der Waals surface area contributed by atoms with Gasteiger partial charge < -0.3 is 11.1 Å². The van der Waals surface area contributed by atoms with Gasteiger partial charge >= 0.3 is 0 Å². The average Bonchev–Trinajstić information content (AvgIpc) is 2.77. The molecule has 0 bridgehead atoms. The summed E-state index contributed by atoms with van der Waals surface area (Å²) < 4.78 is 0. The minimum Gasteiger partial charge on any atom is -0.375 e. The van der Waals surface area contributed by atoms with Crippen LogP contribution < -0.4 is 11.1 Å². The third-order valence-corrected chi connectivity index (χ3v) is 4.58. The lowest BCUT2D eigenvalue weighted by atomic mass is 10.1. The highest BCUT2D eigenvalue weighted by atomic mass is 32.2. The molecule has 18 heavy (non-hydrogen) atoms. The molecule has 6 heteroatoms. The number of benzene rings is 1. The monoisotopic (exact) mass is 277 g/mol. The lowest BCUT2D eigenvalue weighted by molar-refractivity contribution is -0.115.